The van der Waals surface area contributed by atoms with Gasteiger partial charge in [0.2, 0.25) is 5.91 Å². The SMILES string of the molecule is CCCCC/C=C\C/C=C\C/C=C\CCCCCCC(CC(=O)NC(CO)C(O)CCCCCCCCCCCCCCCCCCC)OC(=O)CCCCCCCCCCCC. The van der Waals surface area contributed by atoms with Crippen LogP contribution in [0.25, 0.3) is 0 Å². The maximum atomic E-state index is 13.2. The third kappa shape index (κ3) is 46.4. The lowest BCUT2D eigenvalue weighted by Crippen LogP contribution is -2.46. The van der Waals surface area contributed by atoms with Crippen molar-refractivity contribution < 1.29 is 24.5 Å². The molecule has 3 atom stereocenters. The normalized spacial score (nSPS) is 13.4. The van der Waals surface area contributed by atoms with Gasteiger partial charge < -0.3 is 20.3 Å². The largest absolute Gasteiger partial charge is 0.462 e. The van der Waals surface area contributed by atoms with Gasteiger partial charge >= 0.3 is 5.97 Å². The standard InChI is InChI=1S/C57H107NO5/c1-4-7-10-13-16-19-22-24-26-28-30-32-34-36-39-42-45-48-53(63-57(62)50-47-44-41-38-21-18-15-12-9-6-3)51-56(61)58-54(52-59)55(60)49-46-43-40-37-35-33-31-29-27-25-23-20-17-14-11-8-5-2/h16,19,24,26,30,32,53-55,59-60H,4-15,17-18,20-23,25,27-29,31,33-52H2,1-3H3,(H,58,61)/b19-16-,26-24-,32-30-. The van der Waals surface area contributed by atoms with Gasteiger partial charge in [-0.25, -0.2) is 0 Å². The molecule has 0 aromatic heterocycles. The Hall–Kier alpha value is -1.92. The highest BCUT2D eigenvalue weighted by Crippen LogP contribution is 2.18. The van der Waals surface area contributed by atoms with Gasteiger partial charge in [0, 0.05) is 6.42 Å². The summed E-state index contributed by atoms with van der Waals surface area (Å²) >= 11 is 0. The minimum Gasteiger partial charge on any atom is -0.462 e. The zero-order chi connectivity index (χ0) is 45.9. The number of hydrogen-bond acceptors (Lipinski definition) is 5. The number of nitrogens with one attached hydrogen (secondary N) is 1. The van der Waals surface area contributed by atoms with Crippen LogP contribution in [0, 0.1) is 0 Å². The van der Waals surface area contributed by atoms with E-state index in [4.69, 9.17) is 4.74 Å². The lowest BCUT2D eigenvalue weighted by atomic mass is 10.0. The smallest absolute Gasteiger partial charge is 0.306 e. The first-order chi connectivity index (χ1) is 31.0. The van der Waals surface area contributed by atoms with E-state index in [-0.39, 0.29) is 24.9 Å². The van der Waals surface area contributed by atoms with Gasteiger partial charge in [0.15, 0.2) is 0 Å². The molecule has 0 aromatic carbocycles. The average molecular weight is 886 g/mol. The Kier molecular flexibility index (Phi) is 49.5. The third-order valence-corrected chi connectivity index (χ3v) is 12.7. The Balaban J connectivity index is 4.52. The summed E-state index contributed by atoms with van der Waals surface area (Å²) in [7, 11) is 0. The number of ether oxygens (including phenoxy) is 1. The summed E-state index contributed by atoms with van der Waals surface area (Å²) < 4.78 is 5.93. The summed E-state index contributed by atoms with van der Waals surface area (Å²) in [5.74, 6) is -0.485. The Morgan fingerprint density at radius 1 is 0.460 bits per heavy atom. The molecule has 0 aliphatic rings. The molecular weight excluding hydrogens is 779 g/mol. The van der Waals surface area contributed by atoms with E-state index >= 15 is 0 Å². The van der Waals surface area contributed by atoms with E-state index in [1.807, 2.05) is 0 Å². The molecule has 0 bridgehead atoms. The van der Waals surface area contributed by atoms with Crippen LogP contribution < -0.4 is 5.32 Å². The summed E-state index contributed by atoms with van der Waals surface area (Å²) in [6.45, 7) is 6.46. The van der Waals surface area contributed by atoms with E-state index in [2.05, 4.69) is 62.5 Å². The second-order valence-electron chi connectivity index (χ2n) is 19.0. The van der Waals surface area contributed by atoms with Crippen LogP contribution in [0.3, 0.4) is 0 Å². The number of esters is 1. The molecule has 0 saturated heterocycles. The number of aliphatic hydroxyl groups excluding tert-OH is 2. The van der Waals surface area contributed by atoms with E-state index in [0.29, 0.717) is 19.3 Å². The first kappa shape index (κ1) is 61.1. The Morgan fingerprint density at radius 3 is 1.25 bits per heavy atom. The molecule has 1 amide bonds. The summed E-state index contributed by atoms with van der Waals surface area (Å²) in [4.78, 5) is 26.2. The van der Waals surface area contributed by atoms with Gasteiger partial charge in [-0.1, -0.05) is 250 Å². The number of unbranched alkanes of at least 4 members (excludes halogenated alkanes) is 32. The van der Waals surface area contributed by atoms with Crippen molar-refractivity contribution in [3.05, 3.63) is 36.5 Å². The predicted molar refractivity (Wildman–Crippen MR) is 273 cm³/mol. The van der Waals surface area contributed by atoms with Gasteiger partial charge in [0.1, 0.15) is 6.10 Å². The lowest BCUT2D eigenvalue weighted by molar-refractivity contribution is -0.151. The Bertz CT molecular complexity index is 1040. The van der Waals surface area contributed by atoms with Crippen molar-refractivity contribution in [2.75, 3.05) is 6.61 Å². The first-order valence-electron chi connectivity index (χ1n) is 27.7. The Morgan fingerprint density at radius 2 is 0.810 bits per heavy atom. The summed E-state index contributed by atoms with van der Waals surface area (Å²) in [6, 6.07) is -0.706. The second-order valence-corrected chi connectivity index (χ2v) is 19.0. The van der Waals surface area contributed by atoms with Crippen molar-refractivity contribution in [1.29, 1.82) is 0 Å². The molecule has 0 aromatic rings. The molecule has 0 aliphatic heterocycles. The van der Waals surface area contributed by atoms with Crippen molar-refractivity contribution in [3.8, 4) is 0 Å². The van der Waals surface area contributed by atoms with Crippen molar-refractivity contribution in [1.82, 2.24) is 5.32 Å². The number of rotatable bonds is 50. The number of allylic oxidation sites excluding steroid dienone is 6. The Labute approximate surface area is 392 Å². The quantitative estimate of drug-likeness (QED) is 0.0321. The maximum absolute atomic E-state index is 13.2. The second kappa shape index (κ2) is 51.1. The molecule has 0 heterocycles. The zero-order valence-electron chi connectivity index (χ0n) is 42.2. The topological polar surface area (TPSA) is 95.9 Å². The van der Waals surface area contributed by atoms with Gasteiger partial charge in [-0.15, -0.1) is 0 Å². The predicted octanol–water partition coefficient (Wildman–Crippen LogP) is 16.8. The number of carbonyl (C=O) groups is 2. The van der Waals surface area contributed by atoms with E-state index in [1.54, 1.807) is 0 Å². The number of aliphatic hydroxyl groups is 2. The molecule has 3 N–H and O–H groups in total. The monoisotopic (exact) mass is 886 g/mol. The molecule has 0 radical (unpaired) electrons. The highest BCUT2D eigenvalue weighted by Gasteiger charge is 2.24. The fraction of sp³-hybridized carbons (Fsp3) is 0.860. The molecule has 0 spiro atoms. The summed E-state index contributed by atoms with van der Waals surface area (Å²) in [5, 5.41) is 23.8. The molecule has 0 fully saturated rings. The van der Waals surface area contributed by atoms with Crippen molar-refractivity contribution in [3.63, 3.8) is 0 Å². The number of carbonyl (C=O) groups excluding carboxylic acids is 2. The van der Waals surface area contributed by atoms with Crippen molar-refractivity contribution >= 4 is 11.9 Å². The molecule has 370 valence electrons. The van der Waals surface area contributed by atoms with E-state index in [1.165, 1.54) is 167 Å². The van der Waals surface area contributed by atoms with Crippen LogP contribution >= 0.6 is 0 Å². The minimum absolute atomic E-state index is 0.0665. The zero-order valence-corrected chi connectivity index (χ0v) is 42.2. The molecule has 63 heavy (non-hydrogen) atoms. The van der Waals surface area contributed by atoms with E-state index < -0.39 is 18.2 Å². The van der Waals surface area contributed by atoms with Crippen molar-refractivity contribution in [2.24, 2.45) is 0 Å². The fourth-order valence-corrected chi connectivity index (χ4v) is 8.50. The van der Waals surface area contributed by atoms with Gasteiger partial charge in [-0.2, -0.15) is 0 Å². The van der Waals surface area contributed by atoms with Gasteiger partial charge in [-0.3, -0.25) is 9.59 Å². The van der Waals surface area contributed by atoms with Gasteiger partial charge in [-0.05, 0) is 64.2 Å². The molecule has 3 unspecified atom stereocenters. The molecule has 6 heteroatoms. The summed E-state index contributed by atoms with van der Waals surface area (Å²) in [5.41, 5.74) is 0. The molecule has 0 aliphatic carbocycles. The highest BCUT2D eigenvalue weighted by atomic mass is 16.5. The van der Waals surface area contributed by atoms with Crippen LogP contribution in [-0.4, -0.2) is 46.9 Å². The van der Waals surface area contributed by atoms with Crippen LogP contribution in [0.5, 0.6) is 0 Å². The maximum Gasteiger partial charge on any atom is 0.306 e. The third-order valence-electron chi connectivity index (χ3n) is 12.7. The molecule has 6 nitrogen and oxygen atoms in total. The van der Waals surface area contributed by atoms with Crippen LogP contribution in [0.15, 0.2) is 36.5 Å². The van der Waals surface area contributed by atoms with Gasteiger partial charge in [0.25, 0.3) is 0 Å². The number of hydrogen-bond donors (Lipinski definition) is 3. The van der Waals surface area contributed by atoms with Crippen LogP contribution in [0.4, 0.5) is 0 Å². The van der Waals surface area contributed by atoms with Crippen molar-refractivity contribution in [2.45, 2.75) is 309 Å². The number of amides is 1. The highest BCUT2D eigenvalue weighted by molar-refractivity contribution is 5.77. The van der Waals surface area contributed by atoms with Crippen LogP contribution in [0.1, 0.15) is 290 Å². The van der Waals surface area contributed by atoms with Crippen LogP contribution in [0.2, 0.25) is 0 Å². The van der Waals surface area contributed by atoms with E-state index in [0.717, 1.165) is 77.0 Å². The lowest BCUT2D eigenvalue weighted by Gasteiger charge is -2.24. The molecule has 0 rings (SSSR count). The van der Waals surface area contributed by atoms with E-state index in [9.17, 15) is 19.8 Å². The molecule has 0 saturated carbocycles. The van der Waals surface area contributed by atoms with Crippen LogP contribution in [-0.2, 0) is 14.3 Å². The summed E-state index contributed by atoms with van der Waals surface area (Å²) in [6.07, 6.45) is 60.6. The average Bonchev–Trinajstić information content (AvgIpc) is 3.28. The fourth-order valence-electron chi connectivity index (χ4n) is 8.50. The first-order valence-corrected chi connectivity index (χ1v) is 27.7. The molecular formula is C57H107NO5. The van der Waals surface area contributed by atoms with Gasteiger partial charge in [0.05, 0.1) is 25.2 Å². The minimum atomic E-state index is -0.792.